The van der Waals surface area contributed by atoms with Crippen molar-refractivity contribution in [2.75, 3.05) is 0 Å². The molecule has 0 unspecified atom stereocenters. The van der Waals surface area contributed by atoms with E-state index in [1.165, 1.54) is 55.2 Å². The summed E-state index contributed by atoms with van der Waals surface area (Å²) in [6.07, 6.45) is 38.4. The molecule has 0 saturated carbocycles. The Hall–Kier alpha value is -2.34. The molecule has 0 heteroatoms. The van der Waals surface area contributed by atoms with Gasteiger partial charge in [-0.25, -0.2) is 0 Å². The van der Waals surface area contributed by atoms with Crippen molar-refractivity contribution in [2.45, 2.75) is 57.8 Å². The molecule has 0 heterocycles. The molecule has 0 aromatic carbocycles. The van der Waals surface area contributed by atoms with Crippen LogP contribution in [-0.2, 0) is 0 Å². The Morgan fingerprint density at radius 2 is 0.741 bits per heavy atom. The minimum atomic E-state index is 1.15. The van der Waals surface area contributed by atoms with E-state index in [-0.39, 0.29) is 0 Å². The summed E-state index contributed by atoms with van der Waals surface area (Å²) >= 11 is 0. The second kappa shape index (κ2) is 9.04. The van der Waals surface area contributed by atoms with Crippen LogP contribution < -0.4 is 0 Å². The molecule has 0 fully saturated rings. The molecule has 0 spiro atoms. The van der Waals surface area contributed by atoms with Crippen molar-refractivity contribution < 1.29 is 0 Å². The van der Waals surface area contributed by atoms with Gasteiger partial charge in [-0.3, -0.25) is 0 Å². The third-order valence-electron chi connectivity index (χ3n) is 5.84. The minimum absolute atomic E-state index is 1.15. The summed E-state index contributed by atoms with van der Waals surface area (Å²) in [7, 11) is 0. The summed E-state index contributed by atoms with van der Waals surface area (Å²) in [5.41, 5.74) is 9.12. The van der Waals surface area contributed by atoms with E-state index in [0.29, 0.717) is 0 Å². The van der Waals surface area contributed by atoms with E-state index in [1.54, 1.807) is 16.7 Å². The summed E-state index contributed by atoms with van der Waals surface area (Å²) in [4.78, 5) is 0. The van der Waals surface area contributed by atoms with Crippen molar-refractivity contribution in [1.82, 2.24) is 0 Å². The lowest BCUT2D eigenvalue weighted by Crippen LogP contribution is -1.83. The monoisotopic (exact) mass is 354 g/mol. The van der Waals surface area contributed by atoms with Gasteiger partial charge in [0.1, 0.15) is 0 Å². The zero-order valence-corrected chi connectivity index (χ0v) is 16.3. The molecule has 138 valence electrons. The summed E-state index contributed by atoms with van der Waals surface area (Å²) in [6, 6.07) is 0. The van der Waals surface area contributed by atoms with Crippen LogP contribution in [0.5, 0.6) is 0 Å². The first kappa shape index (κ1) is 18.0. The first-order valence-corrected chi connectivity index (χ1v) is 10.6. The van der Waals surface area contributed by atoms with E-state index in [9.17, 15) is 0 Å². The van der Waals surface area contributed by atoms with Crippen LogP contribution in [0, 0.1) is 0 Å². The Bertz CT molecular complexity index is 726. The van der Waals surface area contributed by atoms with Crippen molar-refractivity contribution in [3.05, 3.63) is 106 Å². The molecule has 27 heavy (non-hydrogen) atoms. The maximum absolute atomic E-state index is 2.33. The normalized spacial score (nSPS) is 23.1. The molecular formula is C27H30. The number of hydrogen-bond donors (Lipinski definition) is 0. The molecule has 0 nitrogen and oxygen atoms in total. The molecule has 0 atom stereocenters. The highest BCUT2D eigenvalue weighted by Crippen LogP contribution is 2.30. The quantitative estimate of drug-likeness (QED) is 0.416. The standard InChI is InChI=1S/3C9H10/c3*1-2-5-9-7-3-6-8(9)4-1/h3*1,4-6H,2-3,7H2. The van der Waals surface area contributed by atoms with Gasteiger partial charge in [0.15, 0.2) is 0 Å². The van der Waals surface area contributed by atoms with Gasteiger partial charge in [-0.1, -0.05) is 72.9 Å². The fraction of sp³-hybridized carbons (Fsp3) is 0.333. The van der Waals surface area contributed by atoms with Crippen molar-refractivity contribution in [3.8, 4) is 0 Å². The highest BCUT2D eigenvalue weighted by molar-refractivity contribution is 5.47. The van der Waals surface area contributed by atoms with Gasteiger partial charge in [0.25, 0.3) is 0 Å². The van der Waals surface area contributed by atoms with E-state index in [1.807, 2.05) is 0 Å². The summed E-state index contributed by atoms with van der Waals surface area (Å²) in [5.74, 6) is 0. The van der Waals surface area contributed by atoms with Gasteiger partial charge in [-0.05, 0) is 91.2 Å². The van der Waals surface area contributed by atoms with E-state index >= 15 is 0 Å². The molecule has 0 aromatic heterocycles. The minimum Gasteiger partial charge on any atom is -0.0801 e. The van der Waals surface area contributed by atoms with E-state index in [2.05, 4.69) is 72.9 Å². The zero-order valence-electron chi connectivity index (χ0n) is 16.3. The van der Waals surface area contributed by atoms with Crippen LogP contribution in [0.1, 0.15) is 57.8 Å². The van der Waals surface area contributed by atoms with E-state index in [4.69, 9.17) is 0 Å². The van der Waals surface area contributed by atoms with Gasteiger partial charge in [0.2, 0.25) is 0 Å². The molecule has 6 aliphatic rings. The average Bonchev–Trinajstić information content (AvgIpc) is 3.48. The maximum atomic E-state index is 2.33. The Kier molecular flexibility index (Phi) is 6.04. The predicted molar refractivity (Wildman–Crippen MR) is 117 cm³/mol. The Morgan fingerprint density at radius 3 is 1.04 bits per heavy atom. The third-order valence-corrected chi connectivity index (χ3v) is 5.84. The number of fused-ring (bicyclic) bond motifs is 3. The highest BCUT2D eigenvalue weighted by Gasteiger charge is 2.10. The van der Waals surface area contributed by atoms with Gasteiger partial charge in [-0.2, -0.15) is 0 Å². The predicted octanol–water partition coefficient (Wildman–Crippen LogP) is 7.78. The first-order valence-electron chi connectivity index (χ1n) is 10.6. The molecule has 0 N–H and O–H groups in total. The van der Waals surface area contributed by atoms with Crippen molar-refractivity contribution in [1.29, 1.82) is 0 Å². The molecule has 0 saturated heterocycles. The molecule has 0 aromatic rings. The Balaban J connectivity index is 0.0000001000. The molecule has 6 aliphatic carbocycles. The van der Waals surface area contributed by atoms with E-state index in [0.717, 1.165) is 19.3 Å². The molecule has 0 amide bonds. The summed E-state index contributed by atoms with van der Waals surface area (Å²) in [6.45, 7) is 0. The van der Waals surface area contributed by atoms with Gasteiger partial charge < -0.3 is 0 Å². The molecule has 0 radical (unpaired) electrons. The van der Waals surface area contributed by atoms with Crippen LogP contribution in [0.15, 0.2) is 106 Å². The molecular weight excluding hydrogens is 324 g/mol. The van der Waals surface area contributed by atoms with Crippen molar-refractivity contribution in [2.24, 2.45) is 0 Å². The van der Waals surface area contributed by atoms with Gasteiger partial charge >= 0.3 is 0 Å². The topological polar surface area (TPSA) is 0 Å². The van der Waals surface area contributed by atoms with Gasteiger partial charge in [0.05, 0.1) is 0 Å². The number of allylic oxidation sites excluding steroid dienone is 18. The Morgan fingerprint density at radius 1 is 0.407 bits per heavy atom. The molecule has 0 bridgehead atoms. The first-order chi connectivity index (χ1) is 13.4. The molecule has 0 aliphatic heterocycles. The number of hydrogen-bond acceptors (Lipinski definition) is 0. The third kappa shape index (κ3) is 4.69. The maximum Gasteiger partial charge on any atom is -0.0160 e. The highest BCUT2D eigenvalue weighted by atomic mass is 14.2. The van der Waals surface area contributed by atoms with Gasteiger partial charge in [0, 0.05) is 0 Å². The smallest absolute Gasteiger partial charge is 0.0160 e. The summed E-state index contributed by atoms with van der Waals surface area (Å²) in [5, 5.41) is 0. The van der Waals surface area contributed by atoms with Crippen LogP contribution in [0.4, 0.5) is 0 Å². The lowest BCUT2D eigenvalue weighted by Gasteiger charge is -2.03. The van der Waals surface area contributed by atoms with Gasteiger partial charge in [-0.15, -0.1) is 0 Å². The zero-order chi connectivity index (χ0) is 18.3. The Labute approximate surface area is 164 Å². The fourth-order valence-corrected chi connectivity index (χ4v) is 4.38. The number of rotatable bonds is 0. The second-order valence-corrected chi connectivity index (χ2v) is 7.70. The molecule has 6 rings (SSSR count). The average molecular weight is 355 g/mol. The van der Waals surface area contributed by atoms with Crippen LogP contribution in [0.3, 0.4) is 0 Å². The largest absolute Gasteiger partial charge is 0.0801 e. The second-order valence-electron chi connectivity index (χ2n) is 7.70. The van der Waals surface area contributed by atoms with Crippen molar-refractivity contribution >= 4 is 0 Å². The van der Waals surface area contributed by atoms with Crippen LogP contribution in [-0.4, -0.2) is 0 Å². The van der Waals surface area contributed by atoms with Crippen LogP contribution >= 0.6 is 0 Å². The van der Waals surface area contributed by atoms with Crippen molar-refractivity contribution in [3.63, 3.8) is 0 Å². The summed E-state index contributed by atoms with van der Waals surface area (Å²) < 4.78 is 0. The lowest BCUT2D eigenvalue weighted by molar-refractivity contribution is 1.04. The fourth-order valence-electron chi connectivity index (χ4n) is 4.38. The van der Waals surface area contributed by atoms with Crippen LogP contribution in [0.2, 0.25) is 0 Å². The SMILES string of the molecule is C1=CC2=CCCC2=CC1.C1=CC2=CCCC2=CC1.C1=CC2=CCCC2=CC1. The lowest BCUT2D eigenvalue weighted by atomic mass is 10.0. The van der Waals surface area contributed by atoms with E-state index < -0.39 is 0 Å². The van der Waals surface area contributed by atoms with Crippen LogP contribution in [0.25, 0.3) is 0 Å².